The van der Waals surface area contributed by atoms with Crippen LogP contribution in [-0.4, -0.2) is 39.5 Å². The molecule has 1 amide bonds. The molecular weight excluding hydrogens is 240 g/mol. The molecule has 0 radical (unpaired) electrons. The average Bonchev–Trinajstić information content (AvgIpc) is 3.05. The summed E-state index contributed by atoms with van der Waals surface area (Å²) in [5.74, 6) is 0.210. The van der Waals surface area contributed by atoms with Gasteiger partial charge in [0.25, 0.3) is 0 Å². The fourth-order valence-corrected chi connectivity index (χ4v) is 2.45. The normalized spacial score (nSPS) is 17.2. The highest BCUT2D eigenvalue weighted by Crippen LogP contribution is 2.17. The van der Waals surface area contributed by atoms with Crippen LogP contribution in [0.2, 0.25) is 0 Å². The van der Waals surface area contributed by atoms with Crippen LogP contribution in [0.5, 0.6) is 0 Å². The highest BCUT2D eigenvalue weighted by atomic mass is 16.2. The van der Waals surface area contributed by atoms with Crippen molar-refractivity contribution in [2.75, 3.05) is 13.1 Å². The first-order valence-electron chi connectivity index (χ1n) is 7.12. The van der Waals surface area contributed by atoms with Crippen LogP contribution in [0, 0.1) is 0 Å². The summed E-state index contributed by atoms with van der Waals surface area (Å²) in [5.41, 5.74) is 1.06. The van der Waals surface area contributed by atoms with E-state index < -0.39 is 0 Å². The standard InChI is InChI=1S/C14H24N4O/c1-11(2)16-9-13-8-15-10-18(13)12(3)14(19)17-6-4-5-7-17/h8,10-12,16H,4-7,9H2,1-3H3. The van der Waals surface area contributed by atoms with Gasteiger partial charge in [-0.15, -0.1) is 0 Å². The van der Waals surface area contributed by atoms with Crippen molar-refractivity contribution in [2.24, 2.45) is 0 Å². The Morgan fingerprint density at radius 1 is 1.37 bits per heavy atom. The number of amides is 1. The molecule has 106 valence electrons. The lowest BCUT2D eigenvalue weighted by Gasteiger charge is -2.23. The summed E-state index contributed by atoms with van der Waals surface area (Å²) < 4.78 is 1.98. The SMILES string of the molecule is CC(C)NCc1cncn1C(C)C(=O)N1CCCC1. The van der Waals surface area contributed by atoms with Crippen molar-refractivity contribution in [3.05, 3.63) is 18.2 Å². The van der Waals surface area contributed by atoms with E-state index in [1.807, 2.05) is 22.6 Å². The second-order valence-corrected chi connectivity index (χ2v) is 5.54. The minimum absolute atomic E-state index is 0.162. The van der Waals surface area contributed by atoms with Crippen LogP contribution < -0.4 is 5.32 Å². The molecule has 1 aliphatic heterocycles. The maximum absolute atomic E-state index is 12.4. The van der Waals surface area contributed by atoms with E-state index >= 15 is 0 Å². The highest BCUT2D eigenvalue weighted by Gasteiger charge is 2.25. The van der Waals surface area contributed by atoms with Gasteiger partial charge >= 0.3 is 0 Å². The Morgan fingerprint density at radius 3 is 2.68 bits per heavy atom. The first-order chi connectivity index (χ1) is 9.09. The number of rotatable bonds is 5. The summed E-state index contributed by atoms with van der Waals surface area (Å²) in [7, 11) is 0. The Kier molecular flexibility index (Phi) is 4.58. The largest absolute Gasteiger partial charge is 0.341 e. The molecule has 19 heavy (non-hydrogen) atoms. The molecule has 0 spiro atoms. The van der Waals surface area contributed by atoms with Gasteiger partial charge in [-0.25, -0.2) is 4.98 Å². The molecule has 1 saturated heterocycles. The minimum atomic E-state index is -0.162. The lowest BCUT2D eigenvalue weighted by molar-refractivity contribution is -0.133. The number of carbonyl (C=O) groups is 1. The monoisotopic (exact) mass is 264 g/mol. The van der Waals surface area contributed by atoms with Crippen molar-refractivity contribution in [2.45, 2.75) is 52.2 Å². The number of hydrogen-bond donors (Lipinski definition) is 1. The van der Waals surface area contributed by atoms with Gasteiger partial charge in [-0.05, 0) is 19.8 Å². The molecule has 1 aromatic rings. The highest BCUT2D eigenvalue weighted by molar-refractivity contribution is 5.80. The molecule has 1 N–H and O–H groups in total. The Bertz CT molecular complexity index is 421. The summed E-state index contributed by atoms with van der Waals surface area (Å²) in [6.45, 7) is 8.73. The van der Waals surface area contributed by atoms with Crippen LogP contribution in [0.25, 0.3) is 0 Å². The minimum Gasteiger partial charge on any atom is -0.341 e. The third-order valence-electron chi connectivity index (χ3n) is 3.63. The smallest absolute Gasteiger partial charge is 0.245 e. The van der Waals surface area contributed by atoms with E-state index in [0.29, 0.717) is 6.04 Å². The number of carbonyl (C=O) groups excluding carboxylic acids is 1. The Hall–Kier alpha value is -1.36. The van der Waals surface area contributed by atoms with E-state index in [4.69, 9.17) is 0 Å². The lowest BCUT2D eigenvalue weighted by Crippen LogP contribution is -2.35. The topological polar surface area (TPSA) is 50.2 Å². The van der Waals surface area contributed by atoms with E-state index in [1.165, 1.54) is 0 Å². The van der Waals surface area contributed by atoms with Gasteiger partial charge in [0.05, 0.1) is 12.0 Å². The maximum atomic E-state index is 12.4. The van der Waals surface area contributed by atoms with Gasteiger partial charge in [0.15, 0.2) is 0 Å². The molecule has 1 unspecified atom stereocenters. The van der Waals surface area contributed by atoms with Crippen molar-refractivity contribution in [3.8, 4) is 0 Å². The molecule has 2 rings (SSSR count). The lowest BCUT2D eigenvalue weighted by atomic mass is 10.2. The van der Waals surface area contributed by atoms with Crippen molar-refractivity contribution in [1.82, 2.24) is 19.8 Å². The van der Waals surface area contributed by atoms with Gasteiger partial charge in [0.2, 0.25) is 5.91 Å². The third-order valence-corrected chi connectivity index (χ3v) is 3.63. The molecule has 1 aliphatic rings. The van der Waals surface area contributed by atoms with Gasteiger partial charge in [-0.1, -0.05) is 13.8 Å². The molecule has 0 aliphatic carbocycles. The van der Waals surface area contributed by atoms with Gasteiger partial charge in [-0.2, -0.15) is 0 Å². The second-order valence-electron chi connectivity index (χ2n) is 5.54. The van der Waals surface area contributed by atoms with Crippen LogP contribution in [0.1, 0.15) is 45.3 Å². The second kappa shape index (κ2) is 6.19. The molecule has 0 saturated carbocycles. The predicted molar refractivity (Wildman–Crippen MR) is 74.7 cm³/mol. The number of likely N-dealkylation sites (tertiary alicyclic amines) is 1. The Balaban J connectivity index is 2.03. The zero-order valence-corrected chi connectivity index (χ0v) is 12.1. The maximum Gasteiger partial charge on any atom is 0.245 e. The fraction of sp³-hybridized carbons (Fsp3) is 0.714. The molecular formula is C14H24N4O. The van der Waals surface area contributed by atoms with Crippen molar-refractivity contribution in [1.29, 1.82) is 0 Å². The van der Waals surface area contributed by atoms with Gasteiger partial charge < -0.3 is 14.8 Å². The third kappa shape index (κ3) is 3.35. The molecule has 0 aromatic carbocycles. The first-order valence-corrected chi connectivity index (χ1v) is 7.12. The predicted octanol–water partition coefficient (Wildman–Crippen LogP) is 1.56. The summed E-state index contributed by atoms with van der Waals surface area (Å²) >= 11 is 0. The van der Waals surface area contributed by atoms with E-state index in [9.17, 15) is 4.79 Å². The van der Waals surface area contributed by atoms with Crippen molar-refractivity contribution < 1.29 is 4.79 Å². The summed E-state index contributed by atoms with van der Waals surface area (Å²) in [4.78, 5) is 18.5. The van der Waals surface area contributed by atoms with Crippen molar-refractivity contribution >= 4 is 5.91 Å². The van der Waals surface area contributed by atoms with Crippen LogP contribution >= 0.6 is 0 Å². The van der Waals surface area contributed by atoms with Gasteiger partial charge in [-0.3, -0.25) is 4.79 Å². The van der Waals surface area contributed by atoms with Crippen molar-refractivity contribution in [3.63, 3.8) is 0 Å². The molecule has 5 heteroatoms. The van der Waals surface area contributed by atoms with Crippen LogP contribution in [0.4, 0.5) is 0 Å². The van der Waals surface area contributed by atoms with Crippen LogP contribution in [-0.2, 0) is 11.3 Å². The average molecular weight is 264 g/mol. The van der Waals surface area contributed by atoms with E-state index in [1.54, 1.807) is 6.33 Å². The Morgan fingerprint density at radius 2 is 2.05 bits per heavy atom. The summed E-state index contributed by atoms with van der Waals surface area (Å²) in [5, 5.41) is 3.37. The summed E-state index contributed by atoms with van der Waals surface area (Å²) in [6.07, 6.45) is 5.85. The number of nitrogens with zero attached hydrogens (tertiary/aromatic N) is 3. The first kappa shape index (κ1) is 14.1. The Labute approximate surface area is 115 Å². The number of imidazole rings is 1. The van der Waals surface area contributed by atoms with E-state index in [-0.39, 0.29) is 11.9 Å². The quantitative estimate of drug-likeness (QED) is 0.878. The van der Waals surface area contributed by atoms with Gasteiger partial charge in [0.1, 0.15) is 6.04 Å². The zero-order valence-electron chi connectivity index (χ0n) is 12.1. The molecule has 2 heterocycles. The summed E-state index contributed by atoms with van der Waals surface area (Å²) in [6, 6.07) is 0.262. The molecule has 1 atom stereocenters. The van der Waals surface area contributed by atoms with E-state index in [2.05, 4.69) is 24.1 Å². The number of nitrogens with one attached hydrogen (secondary N) is 1. The molecule has 1 fully saturated rings. The number of hydrogen-bond acceptors (Lipinski definition) is 3. The van der Waals surface area contributed by atoms with E-state index in [0.717, 1.165) is 38.2 Å². The fourth-order valence-electron chi connectivity index (χ4n) is 2.45. The van der Waals surface area contributed by atoms with Gasteiger partial charge in [0, 0.05) is 31.9 Å². The van der Waals surface area contributed by atoms with Crippen LogP contribution in [0.15, 0.2) is 12.5 Å². The molecule has 5 nitrogen and oxygen atoms in total. The number of aromatic nitrogens is 2. The van der Waals surface area contributed by atoms with Crippen LogP contribution in [0.3, 0.4) is 0 Å². The zero-order chi connectivity index (χ0) is 13.8. The molecule has 0 bridgehead atoms. The molecule has 1 aromatic heterocycles.